The van der Waals surface area contributed by atoms with Gasteiger partial charge in [0, 0.05) is 0 Å². The number of methoxy groups -OCH3 is 2. The van der Waals surface area contributed by atoms with E-state index in [0.717, 1.165) is 14.2 Å². The highest BCUT2D eigenvalue weighted by atomic mass is 16.6. The molecule has 0 unspecified atom stereocenters. The largest absolute Gasteiger partial charge is 0.623 e. The zero-order valence-electron chi connectivity index (χ0n) is 7.70. The minimum atomic E-state index is -0.997. The zero-order valence-corrected chi connectivity index (χ0v) is 7.70. The van der Waals surface area contributed by atoms with Crippen LogP contribution in [0.15, 0.2) is 0 Å². The van der Waals surface area contributed by atoms with Crippen molar-refractivity contribution in [1.29, 1.82) is 0 Å². The summed E-state index contributed by atoms with van der Waals surface area (Å²) in [5.41, 5.74) is -0.646. The molecule has 0 spiro atoms. The van der Waals surface area contributed by atoms with Gasteiger partial charge in [-0.1, -0.05) is 0 Å². The maximum atomic E-state index is 11.0. The van der Waals surface area contributed by atoms with Gasteiger partial charge < -0.3 is 14.7 Å². The van der Waals surface area contributed by atoms with Gasteiger partial charge in [0.05, 0.1) is 14.2 Å². The minimum Gasteiger partial charge on any atom is -0.623 e. The van der Waals surface area contributed by atoms with Crippen LogP contribution in [0, 0.1) is 5.21 Å². The molecule has 0 N–H and O–H groups in total. The average Bonchev–Trinajstić information content (AvgIpc) is 2.16. The van der Waals surface area contributed by atoms with Crippen LogP contribution < -0.4 is 0 Å². The lowest BCUT2D eigenvalue weighted by Crippen LogP contribution is -2.34. The highest BCUT2D eigenvalue weighted by molar-refractivity contribution is 6.60. The number of nitrogens with zero attached hydrogens (tertiary/aromatic N) is 1. The molecule has 0 aromatic heterocycles. The Morgan fingerprint density at radius 2 is 1.62 bits per heavy atom. The molecule has 13 heavy (non-hydrogen) atoms. The fraction of sp³-hybridized carbons (Fsp3) is 0.571. The van der Waals surface area contributed by atoms with Gasteiger partial charge in [0.25, 0.3) is 0 Å². The molecule has 6 heteroatoms. The van der Waals surface area contributed by atoms with E-state index in [9.17, 15) is 14.8 Å². The number of hydrogen-bond donors (Lipinski definition) is 0. The first-order valence-corrected chi connectivity index (χ1v) is 3.56. The SMILES string of the molecule is CC[N+]([O-])=C(C(=O)OC)C(=O)OC. The van der Waals surface area contributed by atoms with Crippen molar-refractivity contribution in [3.05, 3.63) is 5.21 Å². The third-order valence-electron chi connectivity index (χ3n) is 1.29. The molecule has 0 aromatic carbocycles. The maximum Gasteiger partial charge on any atom is 0.412 e. The number of esters is 2. The zero-order chi connectivity index (χ0) is 10.4. The second kappa shape index (κ2) is 5.13. The van der Waals surface area contributed by atoms with Crippen LogP contribution in [0.2, 0.25) is 0 Å². The summed E-state index contributed by atoms with van der Waals surface area (Å²) >= 11 is 0. The molecule has 0 atom stereocenters. The predicted octanol–water partition coefficient (Wildman–Crippen LogP) is -0.696. The number of carbonyl (C=O) groups excluding carboxylic acids is 2. The summed E-state index contributed by atoms with van der Waals surface area (Å²) in [7, 11) is 2.16. The Hall–Kier alpha value is -1.59. The van der Waals surface area contributed by atoms with Crippen molar-refractivity contribution in [2.45, 2.75) is 6.92 Å². The maximum absolute atomic E-state index is 11.0. The molecule has 0 amide bonds. The third kappa shape index (κ3) is 2.73. The number of rotatable bonds is 3. The Kier molecular flexibility index (Phi) is 4.50. The Labute approximate surface area is 75.3 Å². The van der Waals surface area contributed by atoms with Crippen molar-refractivity contribution in [1.82, 2.24) is 0 Å². The number of hydrogen-bond acceptors (Lipinski definition) is 5. The molecule has 0 heterocycles. The van der Waals surface area contributed by atoms with Crippen LogP contribution in [-0.4, -0.2) is 43.2 Å². The van der Waals surface area contributed by atoms with Gasteiger partial charge in [-0.3, -0.25) is 0 Å². The van der Waals surface area contributed by atoms with E-state index >= 15 is 0 Å². The molecule has 0 aliphatic carbocycles. The van der Waals surface area contributed by atoms with E-state index in [4.69, 9.17) is 0 Å². The van der Waals surface area contributed by atoms with E-state index in [2.05, 4.69) is 9.47 Å². The molecule has 0 saturated carbocycles. The van der Waals surface area contributed by atoms with E-state index in [1.54, 1.807) is 0 Å². The van der Waals surface area contributed by atoms with Gasteiger partial charge in [-0.2, -0.15) is 4.74 Å². The standard InChI is InChI=1S/C7H11NO5/c1-4-8(11)5(6(9)12-2)7(10)13-3/h4H2,1-3H3. The van der Waals surface area contributed by atoms with Crippen LogP contribution in [0.25, 0.3) is 0 Å². The number of carbonyl (C=O) groups is 2. The van der Waals surface area contributed by atoms with Gasteiger partial charge in [-0.05, 0) is 6.92 Å². The lowest BCUT2D eigenvalue weighted by Gasteiger charge is -2.05. The molecule has 0 aromatic rings. The van der Waals surface area contributed by atoms with Gasteiger partial charge >= 0.3 is 17.7 Å². The average molecular weight is 189 g/mol. The first-order valence-electron chi connectivity index (χ1n) is 3.56. The third-order valence-corrected chi connectivity index (χ3v) is 1.29. The van der Waals surface area contributed by atoms with E-state index in [0.29, 0.717) is 0 Å². The molecule has 0 aliphatic rings. The highest BCUT2D eigenvalue weighted by Gasteiger charge is 2.30. The van der Waals surface area contributed by atoms with E-state index < -0.39 is 17.7 Å². The Morgan fingerprint density at radius 3 is 1.85 bits per heavy atom. The molecular formula is C7H11NO5. The van der Waals surface area contributed by atoms with Crippen molar-refractivity contribution >= 4 is 17.7 Å². The molecule has 6 nitrogen and oxygen atoms in total. The van der Waals surface area contributed by atoms with Crippen molar-refractivity contribution < 1.29 is 23.8 Å². The second-order valence-electron chi connectivity index (χ2n) is 2.03. The summed E-state index contributed by atoms with van der Waals surface area (Å²) in [6, 6.07) is 0. The van der Waals surface area contributed by atoms with Gasteiger partial charge in [-0.25, -0.2) is 9.59 Å². The van der Waals surface area contributed by atoms with Crippen molar-refractivity contribution in [3.63, 3.8) is 0 Å². The van der Waals surface area contributed by atoms with Gasteiger partial charge in [0.2, 0.25) is 0 Å². The molecular weight excluding hydrogens is 178 g/mol. The predicted molar refractivity (Wildman–Crippen MR) is 43.2 cm³/mol. The van der Waals surface area contributed by atoms with Crippen molar-refractivity contribution in [2.75, 3.05) is 20.8 Å². The quantitative estimate of drug-likeness (QED) is 0.146. The smallest absolute Gasteiger partial charge is 0.412 e. The highest BCUT2D eigenvalue weighted by Crippen LogP contribution is 1.88. The monoisotopic (exact) mass is 189 g/mol. The van der Waals surface area contributed by atoms with Gasteiger partial charge in [-0.15, -0.1) is 0 Å². The van der Waals surface area contributed by atoms with Crippen LogP contribution in [-0.2, 0) is 19.1 Å². The fourth-order valence-corrected chi connectivity index (χ4v) is 0.638. The molecule has 74 valence electrons. The summed E-state index contributed by atoms with van der Waals surface area (Å²) in [6.45, 7) is 1.47. The molecule has 0 aliphatic heterocycles. The molecule has 0 radical (unpaired) electrons. The Morgan fingerprint density at radius 1 is 1.23 bits per heavy atom. The summed E-state index contributed by atoms with van der Waals surface area (Å²) in [5, 5.41) is 11.0. The Balaban J connectivity index is 4.97. The van der Waals surface area contributed by atoms with Crippen LogP contribution in [0.5, 0.6) is 0 Å². The first kappa shape index (κ1) is 11.4. The molecule has 0 rings (SSSR count). The topological polar surface area (TPSA) is 78.7 Å². The summed E-state index contributed by atoms with van der Waals surface area (Å²) < 4.78 is 8.70. The number of ether oxygens (including phenoxy) is 2. The first-order chi connectivity index (χ1) is 6.08. The molecule has 0 fully saturated rings. The second-order valence-corrected chi connectivity index (χ2v) is 2.03. The summed E-state index contributed by atoms with van der Waals surface area (Å²) in [5.74, 6) is -1.99. The summed E-state index contributed by atoms with van der Waals surface area (Å²) in [4.78, 5) is 21.8. The fourth-order valence-electron chi connectivity index (χ4n) is 0.638. The van der Waals surface area contributed by atoms with Crippen LogP contribution >= 0.6 is 0 Å². The van der Waals surface area contributed by atoms with Crippen molar-refractivity contribution in [2.24, 2.45) is 0 Å². The van der Waals surface area contributed by atoms with Crippen LogP contribution in [0.3, 0.4) is 0 Å². The van der Waals surface area contributed by atoms with Crippen molar-refractivity contribution in [3.8, 4) is 0 Å². The van der Waals surface area contributed by atoms with Gasteiger partial charge in [0.1, 0.15) is 0 Å². The lowest BCUT2D eigenvalue weighted by atomic mass is 10.4. The minimum absolute atomic E-state index is 0.0282. The molecule has 0 bridgehead atoms. The number of hydroxylamine groups is 1. The normalized spacial score (nSPS) is 8.85. The molecule has 0 saturated heterocycles. The van der Waals surface area contributed by atoms with E-state index in [-0.39, 0.29) is 11.3 Å². The van der Waals surface area contributed by atoms with Crippen LogP contribution in [0.1, 0.15) is 6.92 Å². The Bertz CT molecular complexity index is 227. The van der Waals surface area contributed by atoms with E-state index in [1.807, 2.05) is 0 Å². The lowest BCUT2D eigenvalue weighted by molar-refractivity contribution is -0.452. The summed E-state index contributed by atoms with van der Waals surface area (Å²) in [6.07, 6.45) is 0. The van der Waals surface area contributed by atoms with E-state index in [1.165, 1.54) is 6.92 Å². The van der Waals surface area contributed by atoms with Crippen LogP contribution in [0.4, 0.5) is 0 Å². The van der Waals surface area contributed by atoms with Gasteiger partial charge in [0.15, 0.2) is 6.54 Å².